The van der Waals surface area contributed by atoms with Crippen LogP contribution in [0, 0.1) is 0 Å². The number of ketones is 1. The number of phenols is 1. The van der Waals surface area contributed by atoms with Crippen LogP contribution in [0.4, 0.5) is 11.4 Å². The van der Waals surface area contributed by atoms with Crippen LogP contribution in [-0.4, -0.2) is 25.1 Å². The van der Waals surface area contributed by atoms with E-state index in [0.29, 0.717) is 24.3 Å². The van der Waals surface area contributed by atoms with E-state index in [4.69, 9.17) is 9.47 Å². The average molecular weight is 443 g/mol. The van der Waals surface area contributed by atoms with Crippen molar-refractivity contribution in [3.63, 3.8) is 0 Å². The molecule has 0 amide bonds. The number of rotatable bonds is 4. The molecular weight excluding hydrogens is 416 g/mol. The Morgan fingerprint density at radius 2 is 1.55 bits per heavy atom. The molecule has 0 fully saturated rings. The first-order chi connectivity index (χ1) is 16.1. The first-order valence-electron chi connectivity index (χ1n) is 11.0. The zero-order chi connectivity index (χ0) is 22.9. The third kappa shape index (κ3) is 3.89. The third-order valence-electron chi connectivity index (χ3n) is 6.41. The van der Waals surface area contributed by atoms with Crippen LogP contribution < -0.4 is 20.1 Å². The second kappa shape index (κ2) is 8.54. The molecule has 6 nitrogen and oxygen atoms in total. The summed E-state index contributed by atoms with van der Waals surface area (Å²) in [5.74, 6) is 1.64. The van der Waals surface area contributed by atoms with Crippen LogP contribution in [0.25, 0.3) is 0 Å². The number of anilines is 2. The molecule has 0 aromatic heterocycles. The summed E-state index contributed by atoms with van der Waals surface area (Å²) >= 11 is 0. The summed E-state index contributed by atoms with van der Waals surface area (Å²) in [5.41, 5.74) is 5.50. The maximum atomic E-state index is 13.6. The second-order valence-corrected chi connectivity index (χ2v) is 8.37. The maximum Gasteiger partial charge on any atom is 0.163 e. The number of fused-ring (bicyclic) bond motifs is 1. The Bertz CT molecular complexity index is 1230. The number of para-hydroxylation sites is 2. The van der Waals surface area contributed by atoms with Crippen LogP contribution in [0.15, 0.2) is 78.0 Å². The van der Waals surface area contributed by atoms with Gasteiger partial charge in [-0.05, 0) is 59.9 Å². The maximum absolute atomic E-state index is 13.6. The zero-order valence-electron chi connectivity index (χ0n) is 18.6. The Labute approximate surface area is 192 Å². The number of hydrogen-bond acceptors (Lipinski definition) is 6. The first kappa shape index (κ1) is 20.9. The highest BCUT2D eigenvalue weighted by molar-refractivity contribution is 6.01. The van der Waals surface area contributed by atoms with Gasteiger partial charge in [0.1, 0.15) is 5.75 Å². The molecule has 1 aliphatic carbocycles. The van der Waals surface area contributed by atoms with Gasteiger partial charge in [0, 0.05) is 17.7 Å². The topological polar surface area (TPSA) is 79.8 Å². The lowest BCUT2D eigenvalue weighted by Crippen LogP contribution is -2.26. The van der Waals surface area contributed by atoms with E-state index in [-0.39, 0.29) is 23.5 Å². The fourth-order valence-electron chi connectivity index (χ4n) is 4.75. The monoisotopic (exact) mass is 442 g/mol. The van der Waals surface area contributed by atoms with Crippen molar-refractivity contribution < 1.29 is 19.4 Å². The molecule has 3 N–H and O–H groups in total. The Morgan fingerprint density at radius 3 is 2.27 bits per heavy atom. The van der Waals surface area contributed by atoms with Gasteiger partial charge in [-0.3, -0.25) is 4.79 Å². The van der Waals surface area contributed by atoms with Crippen molar-refractivity contribution in [3.8, 4) is 17.2 Å². The number of benzene rings is 3. The van der Waals surface area contributed by atoms with E-state index in [9.17, 15) is 9.90 Å². The molecule has 3 aromatic rings. The van der Waals surface area contributed by atoms with E-state index in [1.165, 1.54) is 0 Å². The number of carbonyl (C=O) groups excluding carboxylic acids is 1. The van der Waals surface area contributed by atoms with Crippen molar-refractivity contribution in [3.05, 3.63) is 89.1 Å². The number of ether oxygens (including phenoxy) is 2. The summed E-state index contributed by atoms with van der Waals surface area (Å²) in [6, 6.07) is 20.5. The van der Waals surface area contributed by atoms with Gasteiger partial charge in [-0.1, -0.05) is 30.3 Å². The SMILES string of the molecule is COc1ccc([C@H]2CC(=O)C3=C(C2)Nc2ccccc2N[C@@H]3c2ccc(O)cc2)cc1OC. The van der Waals surface area contributed by atoms with Crippen molar-refractivity contribution in [2.75, 3.05) is 24.9 Å². The summed E-state index contributed by atoms with van der Waals surface area (Å²) in [6.07, 6.45) is 1.10. The molecule has 6 heteroatoms. The van der Waals surface area contributed by atoms with Crippen molar-refractivity contribution in [2.45, 2.75) is 24.8 Å². The Hall–Kier alpha value is -3.93. The molecule has 5 rings (SSSR count). The molecule has 0 spiro atoms. The Balaban J connectivity index is 1.57. The van der Waals surface area contributed by atoms with Gasteiger partial charge >= 0.3 is 0 Å². The molecular formula is C27H26N2O4. The molecule has 1 aliphatic heterocycles. The third-order valence-corrected chi connectivity index (χ3v) is 6.41. The van der Waals surface area contributed by atoms with Crippen LogP contribution >= 0.6 is 0 Å². The molecule has 33 heavy (non-hydrogen) atoms. The number of phenolic OH excluding ortho intramolecular Hbond substituents is 1. The van der Waals surface area contributed by atoms with Crippen LogP contribution in [0.3, 0.4) is 0 Å². The van der Waals surface area contributed by atoms with Gasteiger partial charge in [-0.15, -0.1) is 0 Å². The largest absolute Gasteiger partial charge is 0.508 e. The minimum absolute atomic E-state index is 0.0225. The predicted molar refractivity (Wildman–Crippen MR) is 128 cm³/mol. The van der Waals surface area contributed by atoms with Crippen molar-refractivity contribution >= 4 is 17.2 Å². The molecule has 3 aromatic carbocycles. The van der Waals surface area contributed by atoms with E-state index in [1.807, 2.05) is 54.6 Å². The summed E-state index contributed by atoms with van der Waals surface area (Å²) in [4.78, 5) is 13.6. The van der Waals surface area contributed by atoms with Gasteiger partial charge in [0.05, 0.1) is 31.6 Å². The predicted octanol–water partition coefficient (Wildman–Crippen LogP) is 5.39. The first-order valence-corrected chi connectivity index (χ1v) is 11.0. The number of methoxy groups -OCH3 is 2. The summed E-state index contributed by atoms with van der Waals surface area (Å²) in [5, 5.41) is 16.9. The molecule has 0 radical (unpaired) electrons. The second-order valence-electron chi connectivity index (χ2n) is 8.37. The number of aromatic hydroxyl groups is 1. The lowest BCUT2D eigenvalue weighted by Gasteiger charge is -2.30. The van der Waals surface area contributed by atoms with Crippen molar-refractivity contribution in [2.24, 2.45) is 0 Å². The summed E-state index contributed by atoms with van der Waals surface area (Å²) in [7, 11) is 3.23. The lowest BCUT2D eigenvalue weighted by molar-refractivity contribution is -0.116. The van der Waals surface area contributed by atoms with Gasteiger partial charge in [0.2, 0.25) is 0 Å². The van der Waals surface area contributed by atoms with Gasteiger partial charge in [0.15, 0.2) is 17.3 Å². The van der Waals surface area contributed by atoms with Crippen LogP contribution in [0.1, 0.15) is 35.9 Å². The van der Waals surface area contributed by atoms with E-state index in [2.05, 4.69) is 10.6 Å². The molecule has 0 bridgehead atoms. The molecule has 0 saturated heterocycles. The Kier molecular flexibility index (Phi) is 5.42. The summed E-state index contributed by atoms with van der Waals surface area (Å²) < 4.78 is 10.9. The standard InChI is InChI=1S/C27H26N2O4/c1-32-24-12-9-17(15-25(24)33-2)18-13-22-26(23(31)14-18)27(16-7-10-19(30)11-8-16)29-21-6-4-3-5-20(21)28-22/h3-12,15,18,27-30H,13-14H2,1-2H3/t18-,27-/m1/s1. The highest BCUT2D eigenvalue weighted by Gasteiger charge is 2.36. The summed E-state index contributed by atoms with van der Waals surface area (Å²) in [6.45, 7) is 0. The highest BCUT2D eigenvalue weighted by atomic mass is 16.5. The lowest BCUT2D eigenvalue weighted by atomic mass is 9.78. The minimum Gasteiger partial charge on any atom is -0.508 e. The van der Waals surface area contributed by atoms with Gasteiger partial charge < -0.3 is 25.2 Å². The van der Waals surface area contributed by atoms with Gasteiger partial charge in [-0.25, -0.2) is 0 Å². The van der Waals surface area contributed by atoms with Crippen LogP contribution in [-0.2, 0) is 4.79 Å². The van der Waals surface area contributed by atoms with E-state index >= 15 is 0 Å². The van der Waals surface area contributed by atoms with Crippen LogP contribution in [0.2, 0.25) is 0 Å². The van der Waals surface area contributed by atoms with Crippen LogP contribution in [0.5, 0.6) is 17.2 Å². The number of hydrogen-bond donors (Lipinski definition) is 3. The molecule has 168 valence electrons. The quantitative estimate of drug-likeness (QED) is 0.503. The molecule has 1 heterocycles. The van der Waals surface area contributed by atoms with Gasteiger partial charge in [-0.2, -0.15) is 0 Å². The highest BCUT2D eigenvalue weighted by Crippen LogP contribution is 2.45. The normalized spacial score (nSPS) is 19.5. The average Bonchev–Trinajstić information content (AvgIpc) is 3.01. The van der Waals surface area contributed by atoms with Crippen molar-refractivity contribution in [1.82, 2.24) is 0 Å². The minimum atomic E-state index is -0.310. The number of Topliss-reactive ketones (excluding diaryl/α,β-unsaturated/α-hetero) is 1. The molecule has 0 unspecified atom stereocenters. The van der Waals surface area contributed by atoms with E-state index in [1.54, 1.807) is 26.4 Å². The Morgan fingerprint density at radius 1 is 0.848 bits per heavy atom. The van der Waals surface area contributed by atoms with Gasteiger partial charge in [0.25, 0.3) is 0 Å². The van der Waals surface area contributed by atoms with E-state index < -0.39 is 0 Å². The fourth-order valence-corrected chi connectivity index (χ4v) is 4.75. The number of nitrogens with one attached hydrogen (secondary N) is 2. The fraction of sp³-hybridized carbons (Fsp3) is 0.222. The number of allylic oxidation sites excluding steroid dienone is 1. The molecule has 0 saturated carbocycles. The smallest absolute Gasteiger partial charge is 0.163 e. The molecule has 2 atom stereocenters. The zero-order valence-corrected chi connectivity index (χ0v) is 18.6. The molecule has 2 aliphatic rings. The van der Waals surface area contributed by atoms with E-state index in [0.717, 1.165) is 33.8 Å². The number of carbonyl (C=O) groups is 1. The van der Waals surface area contributed by atoms with Crippen molar-refractivity contribution in [1.29, 1.82) is 0 Å².